The van der Waals surface area contributed by atoms with Crippen molar-refractivity contribution in [3.05, 3.63) is 41.7 Å². The van der Waals surface area contributed by atoms with Crippen molar-refractivity contribution in [2.75, 3.05) is 31.6 Å². The molecule has 0 radical (unpaired) electrons. The number of hydrogen-bond acceptors (Lipinski definition) is 3. The van der Waals surface area contributed by atoms with Gasteiger partial charge in [0.1, 0.15) is 15.7 Å². The number of sulfone groups is 1. The summed E-state index contributed by atoms with van der Waals surface area (Å²) in [7, 11) is -2.89. The molecule has 0 aliphatic carbocycles. The van der Waals surface area contributed by atoms with Crippen LogP contribution < -0.4 is 0 Å². The lowest BCUT2D eigenvalue weighted by Crippen LogP contribution is -2.38. The van der Waals surface area contributed by atoms with Crippen LogP contribution in [0.1, 0.15) is 18.4 Å². The lowest BCUT2D eigenvalue weighted by molar-refractivity contribution is 0.203. The van der Waals surface area contributed by atoms with Gasteiger partial charge in [0.05, 0.1) is 5.75 Å². The standard InChI is InChI=1S/C16H22FNO2S/c1-21(19,20)13-15-5-3-11-18(12-15)10-2-4-14-6-8-16(17)9-7-14/h2,4,6-9,15H,3,5,10-13H2,1H3/b4-2+/t15-/m0/s1. The predicted molar refractivity (Wildman–Crippen MR) is 84.3 cm³/mol. The van der Waals surface area contributed by atoms with Gasteiger partial charge in [0, 0.05) is 19.3 Å². The van der Waals surface area contributed by atoms with E-state index in [0.717, 1.165) is 38.0 Å². The Morgan fingerprint density at radius 2 is 2.05 bits per heavy atom. The van der Waals surface area contributed by atoms with Gasteiger partial charge in [-0.2, -0.15) is 0 Å². The van der Waals surface area contributed by atoms with E-state index in [0.29, 0.717) is 0 Å². The number of rotatable bonds is 5. The topological polar surface area (TPSA) is 37.4 Å². The molecule has 1 aromatic rings. The van der Waals surface area contributed by atoms with Crippen LogP contribution in [0.25, 0.3) is 6.08 Å². The molecular weight excluding hydrogens is 289 g/mol. The Balaban J connectivity index is 1.84. The summed E-state index contributed by atoms with van der Waals surface area (Å²) in [6, 6.07) is 6.38. The molecule has 1 aliphatic heterocycles. The molecule has 5 heteroatoms. The number of halogens is 1. The van der Waals surface area contributed by atoms with Crippen LogP contribution >= 0.6 is 0 Å². The van der Waals surface area contributed by atoms with Gasteiger partial charge in [0.15, 0.2) is 0 Å². The van der Waals surface area contributed by atoms with E-state index in [1.165, 1.54) is 18.4 Å². The average molecular weight is 311 g/mol. The third-order valence-corrected chi connectivity index (χ3v) is 4.76. The third kappa shape index (κ3) is 5.98. The van der Waals surface area contributed by atoms with Gasteiger partial charge < -0.3 is 0 Å². The van der Waals surface area contributed by atoms with Crippen LogP contribution in [0.15, 0.2) is 30.3 Å². The summed E-state index contributed by atoms with van der Waals surface area (Å²) in [4.78, 5) is 2.28. The predicted octanol–water partition coefficient (Wildman–Crippen LogP) is 2.60. The minimum absolute atomic E-state index is 0.230. The van der Waals surface area contributed by atoms with Crippen molar-refractivity contribution in [3.63, 3.8) is 0 Å². The minimum Gasteiger partial charge on any atom is -0.299 e. The van der Waals surface area contributed by atoms with Crippen molar-refractivity contribution in [2.24, 2.45) is 5.92 Å². The summed E-state index contributed by atoms with van der Waals surface area (Å²) < 4.78 is 35.5. The molecule has 1 atom stereocenters. The van der Waals surface area contributed by atoms with Crippen molar-refractivity contribution >= 4 is 15.9 Å². The molecular formula is C16H22FNO2S. The molecule has 0 spiro atoms. The van der Waals surface area contributed by atoms with Crippen molar-refractivity contribution in [1.29, 1.82) is 0 Å². The molecule has 0 N–H and O–H groups in total. The molecule has 1 aromatic carbocycles. The zero-order valence-corrected chi connectivity index (χ0v) is 13.2. The van der Waals surface area contributed by atoms with Crippen molar-refractivity contribution < 1.29 is 12.8 Å². The Kier molecular flexibility index (Phi) is 5.53. The van der Waals surface area contributed by atoms with E-state index in [-0.39, 0.29) is 17.5 Å². The lowest BCUT2D eigenvalue weighted by atomic mass is 10.00. The van der Waals surface area contributed by atoms with Crippen LogP contribution in [0.3, 0.4) is 0 Å². The zero-order chi connectivity index (χ0) is 15.3. The van der Waals surface area contributed by atoms with E-state index in [1.54, 1.807) is 12.1 Å². The second kappa shape index (κ2) is 7.18. The summed E-state index contributed by atoms with van der Waals surface area (Å²) in [5, 5.41) is 0. The van der Waals surface area contributed by atoms with Crippen LogP contribution in [0, 0.1) is 11.7 Å². The number of hydrogen-bond donors (Lipinski definition) is 0. The maximum atomic E-state index is 12.8. The Bertz CT molecular complexity index is 581. The van der Waals surface area contributed by atoms with Gasteiger partial charge in [-0.05, 0) is 43.0 Å². The summed E-state index contributed by atoms with van der Waals surface area (Å²) in [5.41, 5.74) is 0.973. The summed E-state index contributed by atoms with van der Waals surface area (Å²) in [5.74, 6) is 0.297. The third-order valence-electron chi connectivity index (χ3n) is 3.69. The van der Waals surface area contributed by atoms with Gasteiger partial charge >= 0.3 is 0 Å². The minimum atomic E-state index is -2.89. The highest BCUT2D eigenvalue weighted by atomic mass is 32.2. The Labute approximate surface area is 126 Å². The molecule has 0 unspecified atom stereocenters. The fourth-order valence-corrected chi connectivity index (χ4v) is 3.92. The van der Waals surface area contributed by atoms with Gasteiger partial charge in [-0.15, -0.1) is 0 Å². The van der Waals surface area contributed by atoms with Crippen LogP contribution in [0.5, 0.6) is 0 Å². The van der Waals surface area contributed by atoms with Crippen molar-refractivity contribution in [1.82, 2.24) is 4.90 Å². The largest absolute Gasteiger partial charge is 0.299 e. The van der Waals surface area contributed by atoms with E-state index in [1.807, 2.05) is 6.08 Å². The van der Waals surface area contributed by atoms with Crippen LogP contribution in [0.4, 0.5) is 4.39 Å². The Morgan fingerprint density at radius 3 is 2.71 bits per heavy atom. The van der Waals surface area contributed by atoms with Gasteiger partial charge in [0.2, 0.25) is 0 Å². The smallest absolute Gasteiger partial charge is 0.147 e. The molecule has 1 fully saturated rings. The van der Waals surface area contributed by atoms with Gasteiger partial charge in [-0.3, -0.25) is 4.90 Å². The molecule has 0 saturated carbocycles. The monoisotopic (exact) mass is 311 g/mol. The van der Waals surface area contributed by atoms with E-state index in [4.69, 9.17) is 0 Å². The summed E-state index contributed by atoms with van der Waals surface area (Å²) >= 11 is 0. The fourth-order valence-electron chi connectivity index (χ4n) is 2.79. The zero-order valence-electron chi connectivity index (χ0n) is 12.3. The number of likely N-dealkylation sites (tertiary alicyclic amines) is 1. The maximum absolute atomic E-state index is 12.8. The molecule has 0 bridgehead atoms. The highest BCUT2D eigenvalue weighted by molar-refractivity contribution is 7.90. The molecule has 2 rings (SSSR count). The number of nitrogens with zero attached hydrogens (tertiary/aromatic N) is 1. The molecule has 1 aliphatic rings. The normalized spacial score (nSPS) is 21.0. The molecule has 21 heavy (non-hydrogen) atoms. The molecule has 0 aromatic heterocycles. The Morgan fingerprint density at radius 1 is 1.33 bits per heavy atom. The number of piperidine rings is 1. The molecule has 0 amide bonds. The number of benzene rings is 1. The van der Waals surface area contributed by atoms with E-state index < -0.39 is 9.84 Å². The SMILES string of the molecule is CS(=O)(=O)C[C@H]1CCCN(C/C=C/c2ccc(F)cc2)C1. The molecule has 1 saturated heterocycles. The highest BCUT2D eigenvalue weighted by Gasteiger charge is 2.22. The van der Waals surface area contributed by atoms with Crippen molar-refractivity contribution in [3.8, 4) is 0 Å². The average Bonchev–Trinajstić information content (AvgIpc) is 2.39. The fraction of sp³-hybridized carbons (Fsp3) is 0.500. The second-order valence-electron chi connectivity index (χ2n) is 5.81. The first-order chi connectivity index (χ1) is 9.92. The first-order valence-corrected chi connectivity index (χ1v) is 9.30. The first kappa shape index (κ1) is 16.2. The molecule has 116 valence electrons. The molecule has 3 nitrogen and oxygen atoms in total. The van der Waals surface area contributed by atoms with E-state index in [9.17, 15) is 12.8 Å². The van der Waals surface area contributed by atoms with Crippen molar-refractivity contribution in [2.45, 2.75) is 12.8 Å². The van der Waals surface area contributed by atoms with Gasteiger partial charge in [-0.1, -0.05) is 24.3 Å². The van der Waals surface area contributed by atoms with Crippen LogP contribution in [0.2, 0.25) is 0 Å². The summed E-state index contributed by atoms with van der Waals surface area (Å²) in [6.45, 7) is 2.65. The van der Waals surface area contributed by atoms with Crippen LogP contribution in [-0.4, -0.2) is 45.0 Å². The Hall–Kier alpha value is -1.20. The van der Waals surface area contributed by atoms with E-state index >= 15 is 0 Å². The first-order valence-electron chi connectivity index (χ1n) is 7.24. The summed E-state index contributed by atoms with van der Waals surface area (Å²) in [6.07, 6.45) is 7.37. The molecule has 1 heterocycles. The van der Waals surface area contributed by atoms with Crippen LogP contribution in [-0.2, 0) is 9.84 Å². The quantitative estimate of drug-likeness (QED) is 0.839. The second-order valence-corrected chi connectivity index (χ2v) is 8.00. The highest BCUT2D eigenvalue weighted by Crippen LogP contribution is 2.18. The van der Waals surface area contributed by atoms with E-state index in [2.05, 4.69) is 11.0 Å². The van der Waals surface area contributed by atoms with Gasteiger partial charge in [-0.25, -0.2) is 12.8 Å². The maximum Gasteiger partial charge on any atom is 0.147 e. The lowest BCUT2D eigenvalue weighted by Gasteiger charge is -2.31. The van der Waals surface area contributed by atoms with Gasteiger partial charge in [0.25, 0.3) is 0 Å².